The number of nitrogens with zero attached hydrogens (tertiary/aromatic N) is 4. The van der Waals surface area contributed by atoms with Crippen LogP contribution in [-0.2, 0) is 19.1 Å². The number of ether oxygens (including phenoxy) is 2. The Morgan fingerprint density at radius 1 is 0.594 bits per heavy atom. The largest absolute Gasteiger partial charge is 0.453 e. The second-order valence-electron chi connectivity index (χ2n) is 20.9. The Hall–Kier alpha value is -5.94. The number of carbonyl (C=O) groups is 4. The molecule has 4 amide bonds. The van der Waals surface area contributed by atoms with Gasteiger partial charge in [-0.1, -0.05) is 52.0 Å². The number of nitrogens with one attached hydrogen (secondary N) is 4. The molecule has 6 atom stereocenters. The molecule has 14 nitrogen and oxygen atoms in total. The van der Waals surface area contributed by atoms with Crippen LogP contribution in [0.3, 0.4) is 0 Å². The number of fused-ring (bicyclic) bond motifs is 7. The summed E-state index contributed by atoms with van der Waals surface area (Å²) in [7, 11) is 2.36. The number of halogens is 4. The van der Waals surface area contributed by atoms with Gasteiger partial charge in [-0.2, -0.15) is 0 Å². The third-order valence-corrected chi connectivity index (χ3v) is 15.9. The molecule has 4 aromatic rings. The molecule has 2 aromatic carbocycles. The number of carbonyl (C=O) groups excluding carboxylic acids is 4. The molecule has 7 aliphatic rings. The van der Waals surface area contributed by atoms with E-state index < -0.39 is 97.8 Å². The number of aromatic amines is 2. The van der Waals surface area contributed by atoms with E-state index in [1.165, 1.54) is 47.6 Å². The first-order chi connectivity index (χ1) is 32.9. The van der Waals surface area contributed by atoms with E-state index in [1.807, 2.05) is 0 Å². The highest BCUT2D eigenvalue weighted by Crippen LogP contribution is 2.61. The maximum Gasteiger partial charge on any atom is 0.407 e. The van der Waals surface area contributed by atoms with Gasteiger partial charge in [0, 0.05) is 24.0 Å². The molecule has 4 heterocycles. The van der Waals surface area contributed by atoms with Gasteiger partial charge in [-0.05, 0) is 114 Å². The van der Waals surface area contributed by atoms with Gasteiger partial charge < -0.3 is 39.9 Å². The van der Waals surface area contributed by atoms with E-state index in [-0.39, 0.29) is 11.6 Å². The molecule has 2 saturated heterocycles. The number of rotatable bonds is 11. The van der Waals surface area contributed by atoms with Crippen LogP contribution in [-0.4, -0.2) is 105 Å². The van der Waals surface area contributed by atoms with Crippen LogP contribution >= 0.6 is 0 Å². The van der Waals surface area contributed by atoms with Gasteiger partial charge in [0.25, 0.3) is 11.8 Å². The highest BCUT2D eigenvalue weighted by molar-refractivity contribution is 5.88. The summed E-state index contributed by atoms with van der Waals surface area (Å²) in [5, 5.41) is 5.05. The lowest BCUT2D eigenvalue weighted by atomic mass is 9.63. The summed E-state index contributed by atoms with van der Waals surface area (Å²) < 4.78 is 70.3. The van der Waals surface area contributed by atoms with Crippen molar-refractivity contribution >= 4 is 24.0 Å². The minimum Gasteiger partial charge on any atom is -0.453 e. The predicted molar refractivity (Wildman–Crippen MR) is 247 cm³/mol. The van der Waals surface area contributed by atoms with Crippen molar-refractivity contribution in [2.75, 3.05) is 27.3 Å². The SMILES string of the molecule is COC(=O)N[C@H](C(=O)N1CC(F)(F)C[C@H]1c1ncc(-c2ccc(-c3ccc(-c4cnc([C@@H]5CC(F)(F)CN5C(=O)[C@@H](NC(=O)OC)C(C)C)[nH]4)c4c3C3CCC4C3)c3c2C2CCC3CC2)[nH]1)C(C)C. The van der Waals surface area contributed by atoms with Gasteiger partial charge in [0.2, 0.25) is 11.8 Å². The van der Waals surface area contributed by atoms with Gasteiger partial charge in [-0.25, -0.2) is 37.1 Å². The molecule has 368 valence electrons. The summed E-state index contributed by atoms with van der Waals surface area (Å²) in [5.41, 5.74) is 10.9. The van der Waals surface area contributed by atoms with E-state index in [9.17, 15) is 19.2 Å². The van der Waals surface area contributed by atoms with Gasteiger partial charge in [0.15, 0.2) is 0 Å². The van der Waals surface area contributed by atoms with Crippen LogP contribution < -0.4 is 10.6 Å². The standard InChI is InChI=1S/C51H60F4N8O6/c1-24(2)42(60-48(66)68-5)46(64)62-22-50(52,53)18-36(62)44-56-20-34(58-44)32-15-13-30(38-26-7-9-27(10-8-26)39(32)38)31-14-16-33(41-29-12-11-28(17-29)40(31)41)35-21-57-45(59-35)37-19-51(54,55)23-63(37)47(65)43(25(3)4)61-49(67)69-6/h13-16,20-21,24-29,36-37,42-43H,7-12,17-19,22-23H2,1-6H3,(H,56,58)(H,57,59)(H,60,66)(H,61,67)/t26?,27?,28?,29?,36-,37-,42-,43-/m0/s1. The summed E-state index contributed by atoms with van der Waals surface area (Å²) in [5.74, 6) is -6.55. The molecule has 2 aromatic heterocycles. The number of alkyl halides is 4. The molecule has 69 heavy (non-hydrogen) atoms. The third kappa shape index (κ3) is 8.22. The minimum atomic E-state index is -3.16. The van der Waals surface area contributed by atoms with E-state index >= 15 is 17.6 Å². The molecule has 2 unspecified atom stereocenters. The molecular formula is C51H60F4N8O6. The molecule has 11 rings (SSSR count). The van der Waals surface area contributed by atoms with Crippen LogP contribution in [0.2, 0.25) is 0 Å². The van der Waals surface area contributed by atoms with Crippen molar-refractivity contribution in [2.24, 2.45) is 11.8 Å². The molecule has 4 N–H and O–H groups in total. The van der Waals surface area contributed by atoms with E-state index in [2.05, 4.69) is 54.8 Å². The van der Waals surface area contributed by atoms with Crippen LogP contribution in [0.25, 0.3) is 33.6 Å². The van der Waals surface area contributed by atoms with Crippen LogP contribution in [0.15, 0.2) is 36.7 Å². The number of hydrogen-bond donors (Lipinski definition) is 4. The maximum atomic E-state index is 15.2. The molecule has 18 heteroatoms. The van der Waals surface area contributed by atoms with Crippen molar-refractivity contribution in [3.63, 3.8) is 0 Å². The fourth-order valence-electron chi connectivity index (χ4n) is 12.8. The predicted octanol–water partition coefficient (Wildman–Crippen LogP) is 9.83. The number of H-pyrrole nitrogens is 2. The average Bonchev–Trinajstić information content (AvgIpc) is 4.21. The Morgan fingerprint density at radius 2 is 0.942 bits per heavy atom. The highest BCUT2D eigenvalue weighted by Gasteiger charge is 2.52. The molecule has 2 aliphatic heterocycles. The Labute approximate surface area is 398 Å². The van der Waals surface area contributed by atoms with E-state index in [0.29, 0.717) is 35.1 Å². The zero-order valence-electron chi connectivity index (χ0n) is 39.8. The number of alkyl carbamates (subject to hydrolysis) is 2. The molecule has 4 fully saturated rings. The number of benzene rings is 2. The summed E-state index contributed by atoms with van der Waals surface area (Å²) in [6.07, 6.45) is 7.83. The highest BCUT2D eigenvalue weighted by atomic mass is 19.3. The lowest BCUT2D eigenvalue weighted by molar-refractivity contribution is -0.137. The molecule has 4 bridgehead atoms. The number of imidazole rings is 2. The first kappa shape index (κ1) is 46.8. The van der Waals surface area contributed by atoms with Crippen LogP contribution in [0.1, 0.15) is 155 Å². The van der Waals surface area contributed by atoms with Crippen LogP contribution in [0, 0.1) is 11.8 Å². The summed E-state index contributed by atoms with van der Waals surface area (Å²) >= 11 is 0. The average molecular weight is 957 g/mol. The topological polar surface area (TPSA) is 175 Å². The van der Waals surface area contributed by atoms with Crippen molar-refractivity contribution in [3.8, 4) is 33.6 Å². The van der Waals surface area contributed by atoms with Crippen LogP contribution in [0.4, 0.5) is 27.2 Å². The number of aromatic nitrogens is 4. The van der Waals surface area contributed by atoms with Crippen molar-refractivity contribution in [3.05, 3.63) is 70.6 Å². The Kier molecular flexibility index (Phi) is 11.8. The number of likely N-dealkylation sites (tertiary alicyclic amines) is 2. The second kappa shape index (κ2) is 17.5. The summed E-state index contributed by atoms with van der Waals surface area (Å²) in [6, 6.07) is 4.41. The van der Waals surface area contributed by atoms with E-state index in [4.69, 9.17) is 9.47 Å². The lowest BCUT2D eigenvalue weighted by Gasteiger charge is -2.41. The quantitative estimate of drug-likeness (QED) is 0.108. The minimum absolute atomic E-state index is 0.260. The first-order valence-electron chi connectivity index (χ1n) is 24.4. The van der Waals surface area contributed by atoms with E-state index in [1.54, 1.807) is 40.1 Å². The number of methoxy groups -OCH3 is 2. The van der Waals surface area contributed by atoms with Crippen molar-refractivity contribution in [1.29, 1.82) is 0 Å². The lowest BCUT2D eigenvalue weighted by Crippen LogP contribution is -2.51. The molecule has 0 radical (unpaired) electrons. The molecule has 2 saturated carbocycles. The monoisotopic (exact) mass is 956 g/mol. The van der Waals surface area contributed by atoms with Gasteiger partial charge in [0.05, 0.1) is 63.2 Å². The van der Waals surface area contributed by atoms with E-state index in [0.717, 1.165) is 65.9 Å². The Bertz CT molecular complexity index is 2690. The van der Waals surface area contributed by atoms with Gasteiger partial charge in [-0.15, -0.1) is 0 Å². The normalized spacial score (nSPS) is 25.7. The maximum absolute atomic E-state index is 15.2. The van der Waals surface area contributed by atoms with Crippen molar-refractivity contribution in [2.45, 2.75) is 145 Å². The van der Waals surface area contributed by atoms with Gasteiger partial charge in [-0.3, -0.25) is 9.59 Å². The second-order valence-corrected chi connectivity index (χ2v) is 20.9. The first-order valence-corrected chi connectivity index (χ1v) is 24.4. The van der Waals surface area contributed by atoms with Crippen molar-refractivity contribution in [1.82, 2.24) is 40.4 Å². The summed E-state index contributed by atoms with van der Waals surface area (Å²) in [4.78, 5) is 70.4. The zero-order valence-corrected chi connectivity index (χ0v) is 39.8. The van der Waals surface area contributed by atoms with Crippen molar-refractivity contribution < 1.29 is 46.2 Å². The van der Waals surface area contributed by atoms with Crippen LogP contribution in [0.5, 0.6) is 0 Å². The number of amides is 4. The fourth-order valence-corrected chi connectivity index (χ4v) is 12.8. The molecule has 0 spiro atoms. The Morgan fingerprint density at radius 3 is 1.33 bits per heavy atom. The Balaban J connectivity index is 0.989. The molecular weight excluding hydrogens is 897 g/mol. The smallest absolute Gasteiger partial charge is 0.407 e. The van der Waals surface area contributed by atoms with Gasteiger partial charge in [0.1, 0.15) is 23.7 Å². The fraction of sp³-hybridized carbons (Fsp3) is 0.569. The third-order valence-electron chi connectivity index (χ3n) is 15.9. The summed E-state index contributed by atoms with van der Waals surface area (Å²) in [6.45, 7) is 5.34. The zero-order chi connectivity index (χ0) is 48.8. The number of hydrogen-bond acceptors (Lipinski definition) is 8. The molecule has 5 aliphatic carbocycles. The van der Waals surface area contributed by atoms with Gasteiger partial charge >= 0.3 is 12.2 Å².